The molecule has 236 valence electrons. The molecule has 1 aromatic heterocycles. The lowest BCUT2D eigenvalue weighted by atomic mass is 9.99. The minimum absolute atomic E-state index is 0.0783. The summed E-state index contributed by atoms with van der Waals surface area (Å²) in [6, 6.07) is 1.58. The molecule has 0 aliphatic carbocycles. The highest BCUT2D eigenvalue weighted by Crippen LogP contribution is 2.50. The van der Waals surface area contributed by atoms with Gasteiger partial charge in [-0.15, -0.1) is 0 Å². The summed E-state index contributed by atoms with van der Waals surface area (Å²) in [5, 5.41) is -0.0783. The number of hydrogen-bond acceptors (Lipinski definition) is 4. The number of fused-ring (bicyclic) bond motifs is 1. The molecule has 2 amide bonds. The molecule has 0 saturated carbocycles. The van der Waals surface area contributed by atoms with E-state index < -0.39 is 83.4 Å². The molecule has 0 fully saturated rings. The van der Waals surface area contributed by atoms with Crippen molar-refractivity contribution in [3.8, 4) is 0 Å². The Morgan fingerprint density at radius 1 is 0.786 bits per heavy atom. The molecular weight excluding hydrogens is 622 g/mol. The molecule has 0 aliphatic rings. The van der Waals surface area contributed by atoms with Crippen LogP contribution >= 0.6 is 0 Å². The number of halogens is 14. The minimum Gasteiger partial charge on any atom is -0.464 e. The maximum Gasteiger partial charge on any atom is 0.460 e. The number of nitrogens with zero attached hydrogens (tertiary/aromatic N) is 1. The van der Waals surface area contributed by atoms with Crippen molar-refractivity contribution in [3.05, 3.63) is 36.0 Å². The molecule has 0 unspecified atom stereocenters. The zero-order valence-electron chi connectivity index (χ0n) is 20.5. The Bertz CT molecular complexity index is 1270. The Morgan fingerprint density at radius 3 is 1.67 bits per heavy atom. The van der Waals surface area contributed by atoms with E-state index in [1.807, 2.05) is 0 Å². The highest BCUT2D eigenvalue weighted by molar-refractivity contribution is 6.05. The number of benzene rings is 1. The number of imide groups is 1. The van der Waals surface area contributed by atoms with Gasteiger partial charge < -0.3 is 9.72 Å². The number of nitrogens with one attached hydrogen (secondary N) is 1. The van der Waals surface area contributed by atoms with Crippen LogP contribution in [0, 0.1) is 0 Å². The molecule has 0 saturated heterocycles. The van der Waals surface area contributed by atoms with Crippen LogP contribution in [0.15, 0.2) is 30.5 Å². The van der Waals surface area contributed by atoms with E-state index in [9.17, 15) is 75.8 Å². The first-order chi connectivity index (χ1) is 18.9. The molecule has 2 aromatic rings. The van der Waals surface area contributed by atoms with E-state index in [4.69, 9.17) is 0 Å². The summed E-state index contributed by atoms with van der Waals surface area (Å²) in [6.07, 6.45) is -15.7. The number of hydrogen-bond donors (Lipinski definition) is 1. The largest absolute Gasteiger partial charge is 0.464 e. The number of alkyl halides is 14. The molecule has 1 N–H and O–H groups in total. The van der Waals surface area contributed by atoms with Crippen LogP contribution in [0.1, 0.15) is 18.9 Å². The molecule has 2 rings (SSSR count). The summed E-state index contributed by atoms with van der Waals surface area (Å²) in [4.78, 5) is 37.8. The number of amides is 2. The van der Waals surface area contributed by atoms with E-state index in [-0.39, 0.29) is 17.3 Å². The van der Waals surface area contributed by atoms with Gasteiger partial charge in [0.05, 0.1) is 6.61 Å². The highest BCUT2D eigenvalue weighted by atomic mass is 19.4. The second-order valence-corrected chi connectivity index (χ2v) is 8.52. The van der Waals surface area contributed by atoms with Crippen LogP contribution in [0.5, 0.6) is 0 Å². The number of H-pyrrole nitrogens is 1. The number of aromatic nitrogens is 1. The van der Waals surface area contributed by atoms with Gasteiger partial charge in [-0.1, -0.05) is 25.1 Å². The number of rotatable bonds is 10. The lowest BCUT2D eigenvalue weighted by Crippen LogP contribution is -2.68. The maximum absolute atomic E-state index is 14.4. The second kappa shape index (κ2) is 11.2. The van der Waals surface area contributed by atoms with E-state index in [0.29, 0.717) is 0 Å². The number of aromatic amines is 1. The third kappa shape index (κ3) is 5.83. The Balaban J connectivity index is 2.88. The van der Waals surface area contributed by atoms with Crippen molar-refractivity contribution >= 4 is 28.7 Å². The molecule has 0 aliphatic heterocycles. The summed E-state index contributed by atoms with van der Waals surface area (Å²) in [5.41, 5.74) is -0.355. The summed E-state index contributed by atoms with van der Waals surface area (Å²) in [7, 11) is 0. The topological polar surface area (TPSA) is 79.5 Å². The Kier molecular flexibility index (Phi) is 9.25. The average molecular weight is 638 g/mol. The van der Waals surface area contributed by atoms with Gasteiger partial charge in [-0.05, 0) is 18.1 Å². The van der Waals surface area contributed by atoms with Crippen LogP contribution in [0.2, 0.25) is 0 Å². The fourth-order valence-electron chi connectivity index (χ4n) is 3.39. The van der Waals surface area contributed by atoms with Crippen LogP contribution in [0.3, 0.4) is 0 Å². The van der Waals surface area contributed by atoms with Gasteiger partial charge in [-0.2, -0.15) is 61.5 Å². The number of ether oxygens (including phenoxy) is 1. The number of carbonyl (C=O) groups is 3. The predicted octanol–water partition coefficient (Wildman–Crippen LogP) is 6.05. The smallest absolute Gasteiger partial charge is 0.460 e. The zero-order valence-corrected chi connectivity index (χ0v) is 20.5. The van der Waals surface area contributed by atoms with Gasteiger partial charge in [0.25, 0.3) is 0 Å². The zero-order chi connectivity index (χ0) is 32.7. The van der Waals surface area contributed by atoms with Gasteiger partial charge in [-0.25, -0.2) is 4.79 Å². The third-order valence-corrected chi connectivity index (χ3v) is 5.60. The average Bonchev–Trinajstić information content (AvgIpc) is 3.27. The first-order valence-electron chi connectivity index (χ1n) is 11.1. The highest BCUT2D eigenvalue weighted by Gasteiger charge is 2.81. The molecule has 1 aromatic carbocycles. The lowest BCUT2D eigenvalue weighted by Gasteiger charge is -2.37. The molecule has 0 radical (unpaired) electrons. The van der Waals surface area contributed by atoms with Crippen molar-refractivity contribution in [3.63, 3.8) is 0 Å². The molecule has 42 heavy (non-hydrogen) atoms. The van der Waals surface area contributed by atoms with Gasteiger partial charge in [-0.3, -0.25) is 14.5 Å². The second-order valence-electron chi connectivity index (χ2n) is 8.52. The Labute approximate surface area is 224 Å². The number of carbonyl (C=O) groups excluding carboxylic acids is 3. The van der Waals surface area contributed by atoms with E-state index >= 15 is 0 Å². The first kappa shape index (κ1) is 34.6. The molecule has 6 nitrogen and oxygen atoms in total. The van der Waals surface area contributed by atoms with Gasteiger partial charge in [0, 0.05) is 23.5 Å². The molecule has 20 heteroatoms. The van der Waals surface area contributed by atoms with Crippen LogP contribution < -0.4 is 0 Å². The van der Waals surface area contributed by atoms with Gasteiger partial charge in [0.2, 0.25) is 0 Å². The molecule has 1 heterocycles. The standard InChI is InChI=1S/C22H16F14N2O4/c1-2-7-42-14(39)13(8-10-9-37-12-6-4-3-5-11(10)12)38(15(40)17(23,24)19(27,28)21(31,32)33)16(41)18(25,26)20(29,30)22(34,35)36/h3-6,9,13,37H,2,7-8H2,1H3/t13-/m0/s1. The normalized spacial score (nSPS) is 14.5. The van der Waals surface area contributed by atoms with Crippen molar-refractivity contribution in [2.24, 2.45) is 0 Å². The summed E-state index contributed by atoms with van der Waals surface area (Å²) in [5.74, 6) is -40.6. The predicted molar refractivity (Wildman–Crippen MR) is 111 cm³/mol. The SMILES string of the molecule is CCCOC(=O)[C@H](Cc1c[nH]c2ccccc12)N(C(=O)C(F)(F)C(F)(F)C(F)(F)F)C(=O)C(F)(F)C(F)(F)C(F)(F)F. The summed E-state index contributed by atoms with van der Waals surface area (Å²) < 4.78 is 193. The van der Waals surface area contributed by atoms with Gasteiger partial charge in [0.1, 0.15) is 6.04 Å². The minimum atomic E-state index is -7.52. The van der Waals surface area contributed by atoms with Crippen molar-refractivity contribution in [2.75, 3.05) is 6.61 Å². The van der Waals surface area contributed by atoms with Crippen LogP contribution in [0.4, 0.5) is 61.5 Å². The van der Waals surface area contributed by atoms with Crippen molar-refractivity contribution in [1.29, 1.82) is 0 Å². The quantitative estimate of drug-likeness (QED) is 0.254. The monoisotopic (exact) mass is 638 g/mol. The Hall–Kier alpha value is -3.61. The summed E-state index contributed by atoms with van der Waals surface area (Å²) in [6.45, 7) is 0.426. The molecule has 0 bridgehead atoms. The number of esters is 1. The molecular formula is C22H16F14N2O4. The van der Waals surface area contributed by atoms with Crippen molar-refractivity contribution in [2.45, 2.75) is 61.8 Å². The van der Waals surface area contributed by atoms with Gasteiger partial charge >= 0.3 is 53.8 Å². The van der Waals surface area contributed by atoms with E-state index in [1.165, 1.54) is 25.1 Å². The van der Waals surface area contributed by atoms with E-state index in [0.717, 1.165) is 12.3 Å². The number of para-hydroxylation sites is 1. The van der Waals surface area contributed by atoms with Crippen LogP contribution in [-0.4, -0.2) is 76.4 Å². The lowest BCUT2D eigenvalue weighted by molar-refractivity contribution is -0.350. The van der Waals surface area contributed by atoms with Crippen LogP contribution in [0.25, 0.3) is 10.9 Å². The van der Waals surface area contributed by atoms with Crippen molar-refractivity contribution in [1.82, 2.24) is 9.88 Å². The molecule has 0 spiro atoms. The third-order valence-electron chi connectivity index (χ3n) is 5.60. The fourth-order valence-corrected chi connectivity index (χ4v) is 3.39. The van der Waals surface area contributed by atoms with E-state index in [2.05, 4.69) is 9.72 Å². The summed E-state index contributed by atoms with van der Waals surface area (Å²) >= 11 is 0. The fraction of sp³-hybridized carbons (Fsp3) is 0.500. The first-order valence-corrected chi connectivity index (χ1v) is 11.1. The maximum atomic E-state index is 14.4. The van der Waals surface area contributed by atoms with Gasteiger partial charge in [0.15, 0.2) is 0 Å². The Morgan fingerprint density at radius 2 is 1.24 bits per heavy atom. The molecule has 1 atom stereocenters. The van der Waals surface area contributed by atoms with Crippen LogP contribution in [-0.2, 0) is 25.5 Å². The van der Waals surface area contributed by atoms with E-state index in [1.54, 1.807) is 0 Å². The van der Waals surface area contributed by atoms with Crippen molar-refractivity contribution < 1.29 is 80.6 Å².